The number of benzene rings is 1. The van der Waals surface area contributed by atoms with Gasteiger partial charge in [-0.1, -0.05) is 41.1 Å². The predicted molar refractivity (Wildman–Crippen MR) is 85.1 cm³/mol. The lowest BCUT2D eigenvalue weighted by Crippen LogP contribution is -2.40. The molecule has 0 heterocycles. The second kappa shape index (κ2) is 6.87. The molecule has 2 nitrogen and oxygen atoms in total. The van der Waals surface area contributed by atoms with Crippen molar-refractivity contribution in [2.24, 2.45) is 11.7 Å². The van der Waals surface area contributed by atoms with Gasteiger partial charge in [-0.05, 0) is 50.3 Å². The van der Waals surface area contributed by atoms with Crippen molar-refractivity contribution < 1.29 is 0 Å². The normalized spacial score (nSPS) is 25.5. The zero-order chi connectivity index (χ0) is 13.8. The van der Waals surface area contributed by atoms with Crippen molar-refractivity contribution in [1.29, 1.82) is 0 Å². The lowest BCUT2D eigenvalue weighted by molar-refractivity contribution is 0.126. The number of hydrogen-bond donors (Lipinski definition) is 1. The summed E-state index contributed by atoms with van der Waals surface area (Å²) in [5.74, 6) is 0.893. The summed E-state index contributed by atoms with van der Waals surface area (Å²) in [6.45, 7) is 3.04. The van der Waals surface area contributed by atoms with E-state index in [1.165, 1.54) is 35.7 Å². The zero-order valence-corrected chi connectivity index (χ0v) is 13.6. The van der Waals surface area contributed by atoms with E-state index < -0.39 is 0 Å². The summed E-state index contributed by atoms with van der Waals surface area (Å²) in [6, 6.07) is 9.44. The third kappa shape index (κ3) is 3.59. The molecular weight excluding hydrogens is 300 g/mol. The van der Waals surface area contributed by atoms with Crippen LogP contribution in [0.2, 0.25) is 0 Å². The van der Waals surface area contributed by atoms with Crippen LogP contribution in [0.25, 0.3) is 0 Å². The van der Waals surface area contributed by atoms with Crippen LogP contribution in [0.3, 0.4) is 0 Å². The summed E-state index contributed by atoms with van der Waals surface area (Å²) in [5, 5.41) is 0. The summed E-state index contributed by atoms with van der Waals surface area (Å²) < 4.78 is 1.17. The topological polar surface area (TPSA) is 29.3 Å². The van der Waals surface area contributed by atoms with Gasteiger partial charge in [-0.25, -0.2) is 0 Å². The highest BCUT2D eigenvalue weighted by Crippen LogP contribution is 2.33. The number of hydrogen-bond acceptors (Lipinski definition) is 2. The maximum absolute atomic E-state index is 6.05. The molecule has 0 saturated heterocycles. The van der Waals surface area contributed by atoms with Gasteiger partial charge < -0.3 is 5.73 Å². The second-order valence-corrected chi connectivity index (χ2v) is 6.71. The van der Waals surface area contributed by atoms with Crippen LogP contribution in [0.5, 0.6) is 0 Å². The van der Waals surface area contributed by atoms with E-state index in [4.69, 9.17) is 5.73 Å². The molecular formula is C16H25BrN2. The van der Waals surface area contributed by atoms with Gasteiger partial charge in [0.25, 0.3) is 0 Å². The average molecular weight is 325 g/mol. The lowest BCUT2D eigenvalue weighted by atomic mass is 9.86. The molecule has 0 bridgehead atoms. The number of nitrogens with zero attached hydrogens (tertiary/aromatic N) is 1. The first-order valence-electron chi connectivity index (χ1n) is 7.30. The smallest absolute Gasteiger partial charge is 0.0481 e. The minimum Gasteiger partial charge on any atom is -0.329 e. The van der Waals surface area contributed by atoms with Crippen LogP contribution >= 0.6 is 15.9 Å². The fraction of sp³-hybridized carbons (Fsp3) is 0.625. The van der Waals surface area contributed by atoms with Gasteiger partial charge in [-0.15, -0.1) is 0 Å². The number of rotatable bonds is 4. The highest BCUT2D eigenvalue weighted by molar-refractivity contribution is 9.10. The van der Waals surface area contributed by atoms with E-state index in [9.17, 15) is 0 Å². The highest BCUT2D eigenvalue weighted by Gasteiger charge is 2.27. The van der Waals surface area contributed by atoms with Crippen LogP contribution in [0.4, 0.5) is 0 Å². The molecule has 1 saturated carbocycles. The van der Waals surface area contributed by atoms with Gasteiger partial charge >= 0.3 is 0 Å². The summed E-state index contributed by atoms with van der Waals surface area (Å²) in [4.78, 5) is 2.49. The molecule has 0 aromatic heterocycles. The Bertz CT molecular complexity index is 399. The Morgan fingerprint density at radius 2 is 1.89 bits per heavy atom. The van der Waals surface area contributed by atoms with Gasteiger partial charge in [0.15, 0.2) is 0 Å². The van der Waals surface area contributed by atoms with Crippen LogP contribution < -0.4 is 5.73 Å². The van der Waals surface area contributed by atoms with Crippen molar-refractivity contribution in [1.82, 2.24) is 4.90 Å². The van der Waals surface area contributed by atoms with Crippen LogP contribution in [-0.4, -0.2) is 24.5 Å². The second-order valence-electron chi connectivity index (χ2n) is 5.85. The number of halogens is 1. The number of likely N-dealkylation sites (N-methyl/N-ethyl adjacent to an activating group) is 1. The maximum Gasteiger partial charge on any atom is 0.0481 e. The van der Waals surface area contributed by atoms with E-state index in [1.54, 1.807) is 0 Å². The number of nitrogens with two attached hydrogens (primary N) is 1. The van der Waals surface area contributed by atoms with Crippen LogP contribution in [0.15, 0.2) is 28.7 Å². The Balaban J connectivity index is 2.11. The molecule has 1 aliphatic rings. The Morgan fingerprint density at radius 1 is 1.26 bits per heavy atom. The lowest BCUT2D eigenvalue weighted by Gasteiger charge is -2.38. The Hall–Kier alpha value is -0.380. The molecule has 0 amide bonds. The summed E-state index contributed by atoms with van der Waals surface area (Å²) in [5.41, 5.74) is 7.36. The van der Waals surface area contributed by atoms with Crippen LogP contribution in [0, 0.1) is 5.92 Å². The Labute approximate surface area is 125 Å². The zero-order valence-electron chi connectivity index (χ0n) is 12.0. The molecule has 106 valence electrons. The quantitative estimate of drug-likeness (QED) is 0.908. The molecule has 1 aliphatic carbocycles. The molecule has 1 fully saturated rings. The fourth-order valence-electron chi connectivity index (χ4n) is 3.16. The Morgan fingerprint density at radius 3 is 2.47 bits per heavy atom. The molecule has 0 spiro atoms. The van der Waals surface area contributed by atoms with Gasteiger partial charge in [-0.2, -0.15) is 0 Å². The molecule has 19 heavy (non-hydrogen) atoms. The van der Waals surface area contributed by atoms with Crippen molar-refractivity contribution >= 4 is 15.9 Å². The SMILES string of the molecule is CC1CCC(N(C)C(CN)c2ccccc2Br)CC1. The van der Waals surface area contributed by atoms with E-state index in [2.05, 4.69) is 59.1 Å². The molecule has 1 aromatic rings. The fourth-order valence-corrected chi connectivity index (χ4v) is 3.71. The summed E-state index contributed by atoms with van der Waals surface area (Å²) in [7, 11) is 2.23. The highest BCUT2D eigenvalue weighted by atomic mass is 79.9. The minimum absolute atomic E-state index is 0.314. The summed E-state index contributed by atoms with van der Waals surface area (Å²) >= 11 is 3.66. The van der Waals surface area contributed by atoms with Crippen LogP contribution in [-0.2, 0) is 0 Å². The minimum atomic E-state index is 0.314. The molecule has 0 aliphatic heterocycles. The largest absolute Gasteiger partial charge is 0.329 e. The van der Waals surface area contributed by atoms with Gasteiger partial charge in [0.05, 0.1) is 0 Å². The first-order valence-corrected chi connectivity index (χ1v) is 8.09. The first-order chi connectivity index (χ1) is 9.13. The molecule has 0 radical (unpaired) electrons. The van der Waals surface area contributed by atoms with Gasteiger partial charge in [0, 0.05) is 23.1 Å². The molecule has 2 N–H and O–H groups in total. The van der Waals surface area contributed by atoms with E-state index in [0.717, 1.165) is 5.92 Å². The molecule has 1 unspecified atom stereocenters. The van der Waals surface area contributed by atoms with Gasteiger partial charge in [0.1, 0.15) is 0 Å². The maximum atomic E-state index is 6.05. The van der Waals surface area contributed by atoms with Crippen molar-refractivity contribution in [3.05, 3.63) is 34.3 Å². The average Bonchev–Trinajstić information content (AvgIpc) is 2.42. The van der Waals surface area contributed by atoms with E-state index in [0.29, 0.717) is 18.6 Å². The third-order valence-corrected chi connectivity index (χ3v) is 5.26. The predicted octanol–water partition coefficient (Wildman–Crippen LogP) is 3.96. The molecule has 1 aromatic carbocycles. The van der Waals surface area contributed by atoms with Crippen molar-refractivity contribution in [2.45, 2.75) is 44.7 Å². The van der Waals surface area contributed by atoms with Crippen molar-refractivity contribution in [3.63, 3.8) is 0 Å². The van der Waals surface area contributed by atoms with E-state index in [-0.39, 0.29) is 0 Å². The van der Waals surface area contributed by atoms with E-state index >= 15 is 0 Å². The van der Waals surface area contributed by atoms with Crippen LogP contribution in [0.1, 0.15) is 44.2 Å². The van der Waals surface area contributed by atoms with E-state index in [1.807, 2.05) is 0 Å². The Kier molecular flexibility index (Phi) is 5.43. The molecule has 3 heteroatoms. The third-order valence-electron chi connectivity index (χ3n) is 4.54. The first kappa shape index (κ1) is 15.0. The van der Waals surface area contributed by atoms with Gasteiger partial charge in [-0.3, -0.25) is 4.90 Å². The standard InChI is InChI=1S/C16H25BrN2/c1-12-7-9-13(10-8-12)19(2)16(11-18)14-5-3-4-6-15(14)17/h3-6,12-13,16H,7-11,18H2,1-2H3. The van der Waals surface area contributed by atoms with Gasteiger partial charge in [0.2, 0.25) is 0 Å². The van der Waals surface area contributed by atoms with Crippen molar-refractivity contribution in [3.8, 4) is 0 Å². The monoisotopic (exact) mass is 324 g/mol. The summed E-state index contributed by atoms with van der Waals surface area (Å²) in [6.07, 6.45) is 5.31. The van der Waals surface area contributed by atoms with Crippen molar-refractivity contribution in [2.75, 3.05) is 13.6 Å². The molecule has 2 rings (SSSR count). The molecule has 1 atom stereocenters.